The number of hydrogen-bond donors (Lipinski definition) is 3. The molecule has 0 bridgehead atoms. The molecular formula is C17H15Cl3N4O4S. The normalized spacial score (nSPS) is 11.9. The van der Waals surface area contributed by atoms with Crippen molar-refractivity contribution in [1.29, 1.82) is 0 Å². The van der Waals surface area contributed by atoms with Crippen molar-refractivity contribution < 1.29 is 14.5 Å². The number of halogens is 3. The highest BCUT2D eigenvalue weighted by atomic mass is 35.6. The molecule has 0 heterocycles. The Hall–Kier alpha value is -2.33. The second-order valence-corrected chi connectivity index (χ2v) is 8.36. The van der Waals surface area contributed by atoms with Gasteiger partial charge in [-0.2, -0.15) is 0 Å². The highest BCUT2D eigenvalue weighted by molar-refractivity contribution is 7.80. The Bertz CT molecular complexity index is 906. The van der Waals surface area contributed by atoms with Gasteiger partial charge >= 0.3 is 0 Å². The maximum Gasteiger partial charge on any atom is 0.269 e. The van der Waals surface area contributed by atoms with Crippen molar-refractivity contribution in [1.82, 2.24) is 10.6 Å². The second-order valence-electron chi connectivity index (χ2n) is 5.58. The van der Waals surface area contributed by atoms with E-state index in [1.165, 1.54) is 37.4 Å². The molecule has 0 aliphatic rings. The van der Waals surface area contributed by atoms with Crippen molar-refractivity contribution in [3.8, 4) is 5.75 Å². The molecule has 2 rings (SSSR count). The van der Waals surface area contributed by atoms with Gasteiger partial charge in [0.25, 0.3) is 11.6 Å². The maximum absolute atomic E-state index is 12.5. The smallest absolute Gasteiger partial charge is 0.269 e. The van der Waals surface area contributed by atoms with E-state index < -0.39 is 20.8 Å². The van der Waals surface area contributed by atoms with Crippen LogP contribution in [0.4, 0.5) is 11.4 Å². The van der Waals surface area contributed by atoms with E-state index in [2.05, 4.69) is 16.0 Å². The van der Waals surface area contributed by atoms with Crippen molar-refractivity contribution in [2.75, 3.05) is 12.4 Å². The van der Waals surface area contributed by atoms with Gasteiger partial charge in [0.15, 0.2) is 5.11 Å². The fourth-order valence-electron chi connectivity index (χ4n) is 2.14. The molecule has 2 aromatic carbocycles. The van der Waals surface area contributed by atoms with Gasteiger partial charge in [0.2, 0.25) is 3.79 Å². The lowest BCUT2D eigenvalue weighted by molar-refractivity contribution is -0.384. The Morgan fingerprint density at radius 1 is 1.17 bits per heavy atom. The lowest BCUT2D eigenvalue weighted by Gasteiger charge is -2.27. The van der Waals surface area contributed by atoms with Gasteiger partial charge in [-0.25, -0.2) is 0 Å². The Kier molecular flexibility index (Phi) is 7.86. The Labute approximate surface area is 186 Å². The van der Waals surface area contributed by atoms with E-state index in [1.54, 1.807) is 18.2 Å². The molecule has 1 amide bonds. The lowest BCUT2D eigenvalue weighted by Crippen LogP contribution is -2.56. The summed E-state index contributed by atoms with van der Waals surface area (Å²) in [6, 6.07) is 12.0. The summed E-state index contributed by atoms with van der Waals surface area (Å²) in [4.78, 5) is 22.7. The van der Waals surface area contributed by atoms with Gasteiger partial charge in [0.1, 0.15) is 11.9 Å². The summed E-state index contributed by atoms with van der Waals surface area (Å²) in [7, 11) is 1.48. The summed E-state index contributed by atoms with van der Waals surface area (Å²) < 4.78 is 3.15. The van der Waals surface area contributed by atoms with Gasteiger partial charge in [-0.15, -0.1) is 0 Å². The van der Waals surface area contributed by atoms with Crippen LogP contribution in [0.2, 0.25) is 0 Å². The number of hydrogen-bond acceptors (Lipinski definition) is 5. The molecular weight excluding hydrogens is 463 g/mol. The molecule has 0 saturated carbocycles. The molecule has 0 unspecified atom stereocenters. The first kappa shape index (κ1) is 23.0. The van der Waals surface area contributed by atoms with E-state index in [0.717, 1.165) is 0 Å². The van der Waals surface area contributed by atoms with Crippen LogP contribution in [0, 0.1) is 10.1 Å². The first-order valence-corrected chi connectivity index (χ1v) is 9.48. The van der Waals surface area contributed by atoms with Crippen molar-refractivity contribution in [2.45, 2.75) is 9.96 Å². The number of nitro benzene ring substituents is 1. The summed E-state index contributed by atoms with van der Waals surface area (Å²) in [5.74, 6) is -0.0303. The topological polar surface area (TPSA) is 106 Å². The maximum atomic E-state index is 12.5. The molecule has 0 aliphatic heterocycles. The number of methoxy groups -OCH3 is 1. The molecule has 0 spiro atoms. The number of ether oxygens (including phenoxy) is 1. The predicted molar refractivity (Wildman–Crippen MR) is 117 cm³/mol. The highest BCUT2D eigenvalue weighted by Crippen LogP contribution is 2.29. The monoisotopic (exact) mass is 476 g/mol. The summed E-state index contributed by atoms with van der Waals surface area (Å²) in [6.45, 7) is 0. The zero-order chi connectivity index (χ0) is 21.6. The minimum Gasteiger partial charge on any atom is -0.497 e. The zero-order valence-electron chi connectivity index (χ0n) is 14.8. The molecule has 154 valence electrons. The molecule has 0 aliphatic carbocycles. The van der Waals surface area contributed by atoms with Crippen LogP contribution in [0.5, 0.6) is 5.75 Å². The average Bonchev–Trinajstić information content (AvgIpc) is 2.67. The van der Waals surface area contributed by atoms with E-state index in [1.807, 2.05) is 0 Å². The fraction of sp³-hybridized carbons (Fsp3) is 0.176. The van der Waals surface area contributed by atoms with Gasteiger partial charge in [0.05, 0.1) is 12.0 Å². The number of nitro groups is 1. The van der Waals surface area contributed by atoms with E-state index in [0.29, 0.717) is 17.0 Å². The summed E-state index contributed by atoms with van der Waals surface area (Å²) >= 11 is 23.0. The third-order valence-corrected chi connectivity index (χ3v) is 4.42. The van der Waals surface area contributed by atoms with Crippen LogP contribution in [0.1, 0.15) is 10.4 Å². The largest absolute Gasteiger partial charge is 0.497 e. The number of thiocarbonyl (C=S) groups is 1. The van der Waals surface area contributed by atoms with E-state index >= 15 is 0 Å². The van der Waals surface area contributed by atoms with Crippen molar-refractivity contribution in [2.24, 2.45) is 0 Å². The molecule has 0 radical (unpaired) electrons. The first-order chi connectivity index (χ1) is 13.6. The summed E-state index contributed by atoms with van der Waals surface area (Å²) in [6.07, 6.45) is -1.18. The van der Waals surface area contributed by atoms with Crippen LogP contribution >= 0.6 is 47.0 Å². The fourth-order valence-corrected chi connectivity index (χ4v) is 2.71. The van der Waals surface area contributed by atoms with Crippen molar-refractivity contribution >= 4 is 69.4 Å². The number of amides is 1. The number of alkyl halides is 3. The van der Waals surface area contributed by atoms with Crippen LogP contribution in [-0.4, -0.2) is 33.0 Å². The Morgan fingerprint density at radius 3 is 2.38 bits per heavy atom. The molecule has 12 heteroatoms. The van der Waals surface area contributed by atoms with Crippen LogP contribution in [-0.2, 0) is 0 Å². The predicted octanol–water partition coefficient (Wildman–Crippen LogP) is 4.02. The molecule has 29 heavy (non-hydrogen) atoms. The molecule has 0 aromatic heterocycles. The number of nitrogens with zero attached hydrogens (tertiary/aromatic N) is 1. The summed E-state index contributed by atoms with van der Waals surface area (Å²) in [5.41, 5.74) is 0.689. The number of nitrogens with one attached hydrogen (secondary N) is 3. The van der Waals surface area contributed by atoms with Gasteiger partial charge in [0, 0.05) is 23.4 Å². The van der Waals surface area contributed by atoms with E-state index in [-0.39, 0.29) is 10.8 Å². The number of non-ortho nitro benzene ring substituents is 1. The number of carbonyl (C=O) groups is 1. The molecule has 1 atom stereocenters. The van der Waals surface area contributed by atoms with E-state index in [4.69, 9.17) is 51.8 Å². The average molecular weight is 478 g/mol. The standard InChI is InChI=1S/C17H15Cl3N4O4S/c1-28-13-4-2-3-10(9-13)14(25)22-15(17(18,19)20)23-16(29)21-11-5-7-12(8-6-11)24(26)27/h2-9,15H,1H3,(H,22,25)(H2,21,23,29)/t15-/m1/s1. The number of benzene rings is 2. The Balaban J connectivity index is 2.07. The van der Waals surface area contributed by atoms with Gasteiger partial charge in [-0.1, -0.05) is 40.9 Å². The van der Waals surface area contributed by atoms with Gasteiger partial charge in [-0.3, -0.25) is 14.9 Å². The minimum atomic E-state index is -1.93. The third kappa shape index (κ3) is 6.90. The molecule has 0 fully saturated rings. The number of carbonyl (C=O) groups excluding carboxylic acids is 1. The quantitative estimate of drug-likeness (QED) is 0.190. The first-order valence-electron chi connectivity index (χ1n) is 7.94. The Morgan fingerprint density at radius 2 is 1.83 bits per heavy atom. The van der Waals surface area contributed by atoms with E-state index in [9.17, 15) is 14.9 Å². The van der Waals surface area contributed by atoms with Gasteiger partial charge in [-0.05, 0) is 42.5 Å². The van der Waals surface area contributed by atoms with Crippen molar-refractivity contribution in [3.05, 3.63) is 64.2 Å². The lowest BCUT2D eigenvalue weighted by atomic mass is 10.2. The highest BCUT2D eigenvalue weighted by Gasteiger charge is 2.35. The second kappa shape index (κ2) is 9.93. The number of rotatable bonds is 6. The van der Waals surface area contributed by atoms with Crippen LogP contribution in [0.25, 0.3) is 0 Å². The van der Waals surface area contributed by atoms with Crippen molar-refractivity contribution in [3.63, 3.8) is 0 Å². The minimum absolute atomic E-state index is 0.0288. The van der Waals surface area contributed by atoms with Crippen LogP contribution in [0.3, 0.4) is 0 Å². The summed E-state index contributed by atoms with van der Waals surface area (Å²) in [5, 5.41) is 18.8. The molecule has 3 N–H and O–H groups in total. The SMILES string of the molecule is COc1cccc(C(=O)N[C@H](NC(=S)Nc2ccc([N+](=O)[O-])cc2)C(Cl)(Cl)Cl)c1. The molecule has 0 saturated heterocycles. The van der Waals surface area contributed by atoms with Crippen LogP contribution < -0.4 is 20.7 Å². The third-order valence-electron chi connectivity index (χ3n) is 3.55. The zero-order valence-corrected chi connectivity index (χ0v) is 17.9. The van der Waals surface area contributed by atoms with Gasteiger partial charge < -0.3 is 20.7 Å². The molecule has 2 aromatic rings. The van der Waals surface area contributed by atoms with Crippen LogP contribution in [0.15, 0.2) is 48.5 Å². The number of anilines is 1. The molecule has 8 nitrogen and oxygen atoms in total.